The second-order valence-electron chi connectivity index (χ2n) is 3.57. The molecule has 0 fully saturated rings. The van der Waals surface area contributed by atoms with Gasteiger partial charge in [0.25, 0.3) is 0 Å². The number of benzene rings is 1. The number of carbonyl (C=O) groups is 3. The van der Waals surface area contributed by atoms with Crippen molar-refractivity contribution in [3.63, 3.8) is 0 Å². The van der Waals surface area contributed by atoms with Crippen LogP contribution in [-0.4, -0.2) is 34.1 Å². The van der Waals surface area contributed by atoms with Crippen LogP contribution in [-0.2, 0) is 4.79 Å². The smallest absolute Gasteiger partial charge is 0.337 e. The van der Waals surface area contributed by atoms with E-state index in [1.54, 1.807) is 0 Å². The van der Waals surface area contributed by atoms with Crippen molar-refractivity contribution in [2.75, 3.05) is 5.88 Å². The van der Waals surface area contributed by atoms with Crippen molar-refractivity contribution in [1.29, 1.82) is 0 Å². The molecular weight excluding hydrogens is 260 g/mol. The molecule has 96 valence electrons. The molecule has 0 radical (unpaired) electrons. The van der Waals surface area contributed by atoms with Gasteiger partial charge < -0.3 is 10.2 Å². The summed E-state index contributed by atoms with van der Waals surface area (Å²) in [6.07, 6.45) is -1.31. The Morgan fingerprint density at radius 3 is 2.56 bits per heavy atom. The molecule has 18 heavy (non-hydrogen) atoms. The number of carboxylic acid groups (broad SMARTS) is 1. The maximum Gasteiger partial charge on any atom is 0.337 e. The highest BCUT2D eigenvalue weighted by molar-refractivity contribution is 6.19. The van der Waals surface area contributed by atoms with Crippen molar-refractivity contribution < 1.29 is 24.6 Å². The fraction of sp³-hybridized carbons (Fsp3) is 0.250. The first kappa shape index (κ1) is 14.3. The van der Waals surface area contributed by atoms with E-state index in [9.17, 15) is 19.5 Å². The second-order valence-corrected chi connectivity index (χ2v) is 3.95. The van der Waals surface area contributed by atoms with Gasteiger partial charge in [-0.05, 0) is 6.07 Å². The van der Waals surface area contributed by atoms with E-state index >= 15 is 0 Å². The number of halogens is 1. The summed E-state index contributed by atoms with van der Waals surface area (Å²) < 4.78 is 0. The van der Waals surface area contributed by atoms with Crippen LogP contribution in [0.5, 0.6) is 0 Å². The minimum Gasteiger partial charge on any atom is -0.479 e. The molecule has 0 heterocycles. The molecule has 1 rings (SSSR count). The Morgan fingerprint density at radius 1 is 1.39 bits per heavy atom. The maximum atomic E-state index is 11.7. The summed E-state index contributed by atoms with van der Waals surface area (Å²) in [5.74, 6) is -1.77. The zero-order valence-electron chi connectivity index (χ0n) is 9.30. The van der Waals surface area contributed by atoms with Crippen molar-refractivity contribution in [3.8, 4) is 0 Å². The van der Waals surface area contributed by atoms with Gasteiger partial charge in [0.2, 0.25) is 0 Å². The van der Waals surface area contributed by atoms with Gasteiger partial charge in [0.15, 0.2) is 11.9 Å². The maximum absolute atomic E-state index is 11.7. The molecule has 0 aliphatic heterocycles. The van der Waals surface area contributed by atoms with Crippen LogP contribution in [0.15, 0.2) is 18.2 Å². The minimum atomic E-state index is -1.85. The quantitative estimate of drug-likeness (QED) is 0.463. The number of aliphatic hydroxyl groups is 1. The van der Waals surface area contributed by atoms with E-state index in [0.717, 1.165) is 0 Å². The number of ketones is 1. The van der Waals surface area contributed by atoms with E-state index in [1.165, 1.54) is 18.2 Å². The molecule has 5 nitrogen and oxygen atoms in total. The molecule has 0 amide bonds. The second kappa shape index (κ2) is 6.28. The zero-order chi connectivity index (χ0) is 13.7. The SMILES string of the molecule is O=Cc1ccc(C(=O)CCCl)c(C(O)C(=O)O)c1. The Hall–Kier alpha value is -1.72. The van der Waals surface area contributed by atoms with Crippen molar-refractivity contribution in [2.45, 2.75) is 12.5 Å². The molecule has 1 unspecified atom stereocenters. The molecule has 1 aromatic rings. The zero-order valence-corrected chi connectivity index (χ0v) is 10.1. The van der Waals surface area contributed by atoms with E-state index in [-0.39, 0.29) is 34.8 Å². The number of carbonyl (C=O) groups excluding carboxylic acids is 2. The fourth-order valence-electron chi connectivity index (χ4n) is 1.49. The summed E-state index contributed by atoms with van der Waals surface area (Å²) in [4.78, 5) is 33.1. The topological polar surface area (TPSA) is 91.7 Å². The van der Waals surface area contributed by atoms with Crippen molar-refractivity contribution >= 4 is 29.6 Å². The Balaban J connectivity index is 3.28. The van der Waals surface area contributed by atoms with Gasteiger partial charge in [-0.15, -0.1) is 11.6 Å². The van der Waals surface area contributed by atoms with Crippen LogP contribution in [0.2, 0.25) is 0 Å². The number of aliphatic hydroxyl groups excluding tert-OH is 1. The highest BCUT2D eigenvalue weighted by Crippen LogP contribution is 2.21. The average Bonchev–Trinajstić information content (AvgIpc) is 2.37. The van der Waals surface area contributed by atoms with E-state index in [0.29, 0.717) is 6.29 Å². The molecule has 0 bridgehead atoms. The van der Waals surface area contributed by atoms with E-state index in [1.807, 2.05) is 0 Å². The summed E-state index contributed by atoms with van der Waals surface area (Å²) in [5, 5.41) is 18.3. The molecule has 1 atom stereocenters. The molecule has 0 saturated heterocycles. The Morgan fingerprint density at radius 2 is 2.06 bits per heavy atom. The third kappa shape index (κ3) is 3.15. The normalized spacial score (nSPS) is 11.9. The lowest BCUT2D eigenvalue weighted by molar-refractivity contribution is -0.146. The van der Waals surface area contributed by atoms with E-state index < -0.39 is 12.1 Å². The third-order valence-electron chi connectivity index (χ3n) is 2.36. The van der Waals surface area contributed by atoms with Crippen molar-refractivity contribution in [1.82, 2.24) is 0 Å². The standard InChI is InChI=1S/C12H11ClO5/c13-4-3-10(15)8-2-1-7(6-14)5-9(8)11(16)12(17)18/h1-2,5-6,11,16H,3-4H2,(H,17,18). The number of hydrogen-bond acceptors (Lipinski definition) is 4. The Kier molecular flexibility index (Phi) is 5.00. The lowest BCUT2D eigenvalue weighted by Crippen LogP contribution is -2.15. The Bertz CT molecular complexity index is 483. The highest BCUT2D eigenvalue weighted by atomic mass is 35.5. The highest BCUT2D eigenvalue weighted by Gasteiger charge is 2.22. The monoisotopic (exact) mass is 270 g/mol. The lowest BCUT2D eigenvalue weighted by atomic mass is 9.96. The first-order valence-electron chi connectivity index (χ1n) is 5.10. The number of carboxylic acids is 1. The minimum absolute atomic E-state index is 0.0291. The van der Waals surface area contributed by atoms with Crippen LogP contribution in [0.3, 0.4) is 0 Å². The molecule has 6 heteroatoms. The predicted molar refractivity (Wildman–Crippen MR) is 64.1 cm³/mol. The molecule has 0 saturated carbocycles. The van der Waals surface area contributed by atoms with Crippen LogP contribution < -0.4 is 0 Å². The van der Waals surface area contributed by atoms with Gasteiger partial charge in [-0.25, -0.2) is 4.79 Å². The summed E-state index contributed by atoms with van der Waals surface area (Å²) in [6.45, 7) is 0. The first-order valence-corrected chi connectivity index (χ1v) is 5.64. The van der Waals surface area contributed by atoms with Crippen LogP contribution >= 0.6 is 11.6 Å². The van der Waals surface area contributed by atoms with Gasteiger partial charge >= 0.3 is 5.97 Å². The van der Waals surface area contributed by atoms with Gasteiger partial charge in [-0.3, -0.25) is 9.59 Å². The Labute approximate surface area is 108 Å². The number of alkyl halides is 1. The molecule has 0 aliphatic carbocycles. The van der Waals surface area contributed by atoms with Gasteiger partial charge in [0.05, 0.1) is 0 Å². The largest absolute Gasteiger partial charge is 0.479 e. The molecule has 0 aromatic heterocycles. The van der Waals surface area contributed by atoms with Gasteiger partial charge in [-0.2, -0.15) is 0 Å². The van der Waals surface area contributed by atoms with E-state index in [4.69, 9.17) is 16.7 Å². The van der Waals surface area contributed by atoms with Gasteiger partial charge in [-0.1, -0.05) is 12.1 Å². The number of hydrogen-bond donors (Lipinski definition) is 2. The van der Waals surface area contributed by atoms with E-state index in [2.05, 4.69) is 0 Å². The van der Waals surface area contributed by atoms with Crippen molar-refractivity contribution in [3.05, 3.63) is 34.9 Å². The average molecular weight is 271 g/mol. The third-order valence-corrected chi connectivity index (χ3v) is 2.55. The van der Waals surface area contributed by atoms with Gasteiger partial charge in [0.1, 0.15) is 6.29 Å². The van der Waals surface area contributed by atoms with Gasteiger partial charge in [0, 0.05) is 29.0 Å². The van der Waals surface area contributed by atoms with Crippen LogP contribution in [0.4, 0.5) is 0 Å². The lowest BCUT2D eigenvalue weighted by Gasteiger charge is -2.11. The molecular formula is C12H11ClO5. The summed E-state index contributed by atoms with van der Waals surface area (Å²) >= 11 is 5.44. The molecule has 1 aromatic carbocycles. The predicted octanol–water partition coefficient (Wildman–Crippen LogP) is 1.43. The number of Topliss-reactive ketones (excluding diaryl/α,β-unsaturated/α-hetero) is 1. The summed E-state index contributed by atoms with van der Waals surface area (Å²) in [6, 6.07) is 3.89. The summed E-state index contributed by atoms with van der Waals surface area (Å²) in [7, 11) is 0. The van der Waals surface area contributed by atoms with Crippen LogP contribution in [0.1, 0.15) is 38.8 Å². The van der Waals surface area contributed by atoms with Crippen LogP contribution in [0.25, 0.3) is 0 Å². The summed E-state index contributed by atoms with van der Waals surface area (Å²) in [5.41, 5.74) is 0.158. The first-order chi connectivity index (χ1) is 8.51. The number of aliphatic carboxylic acids is 1. The molecule has 0 spiro atoms. The molecule has 2 N–H and O–H groups in total. The fourth-order valence-corrected chi connectivity index (χ4v) is 1.66. The number of aldehydes is 1. The van der Waals surface area contributed by atoms with Crippen LogP contribution in [0, 0.1) is 0 Å². The van der Waals surface area contributed by atoms with Crippen molar-refractivity contribution in [2.24, 2.45) is 0 Å². The molecule has 0 aliphatic rings. The number of rotatable bonds is 6.